The fraction of sp³-hybridized carbons (Fsp3) is 0.316. The minimum absolute atomic E-state index is 0.110. The largest absolute Gasteiger partial charge is 0.240 e. The van der Waals surface area contributed by atoms with Gasteiger partial charge in [-0.2, -0.15) is 5.26 Å². The molecule has 0 heterocycles. The monoisotopic (exact) mass is 342 g/mol. The highest BCUT2D eigenvalue weighted by atomic mass is 32.2. The molecule has 0 unspecified atom stereocenters. The van der Waals surface area contributed by atoms with Crippen molar-refractivity contribution in [2.45, 2.75) is 44.6 Å². The smallest absolute Gasteiger partial charge is 0.209 e. The molecule has 0 fully saturated rings. The number of hydrogen-bond acceptors (Lipinski definition) is 3. The first-order chi connectivity index (χ1) is 11.4. The predicted octanol–water partition coefficient (Wildman–Crippen LogP) is 3.86. The van der Waals surface area contributed by atoms with Crippen molar-refractivity contribution in [1.82, 2.24) is 4.72 Å². The summed E-state index contributed by atoms with van der Waals surface area (Å²) >= 11 is 0. The number of benzene rings is 2. The molecule has 0 aromatic heterocycles. The molecule has 0 atom stereocenters. The van der Waals surface area contributed by atoms with Crippen LogP contribution < -0.4 is 4.72 Å². The third-order valence-electron chi connectivity index (χ3n) is 3.62. The van der Waals surface area contributed by atoms with Crippen LogP contribution in [0.3, 0.4) is 0 Å². The topological polar surface area (TPSA) is 70.0 Å². The van der Waals surface area contributed by atoms with Crippen LogP contribution in [0.5, 0.6) is 0 Å². The summed E-state index contributed by atoms with van der Waals surface area (Å²) in [7, 11) is -3.61. The third-order valence-corrected chi connectivity index (χ3v) is 5.27. The molecule has 0 spiro atoms. The summed E-state index contributed by atoms with van der Waals surface area (Å²) < 4.78 is 27.0. The molecule has 0 saturated heterocycles. The molecule has 0 radical (unpaired) electrons. The Hall–Kier alpha value is -2.16. The summed E-state index contributed by atoms with van der Waals surface area (Å²) in [6, 6.07) is 14.6. The molecule has 24 heavy (non-hydrogen) atoms. The Morgan fingerprint density at radius 1 is 1.12 bits per heavy atom. The van der Waals surface area contributed by atoms with Crippen LogP contribution in [-0.4, -0.2) is 14.5 Å². The van der Waals surface area contributed by atoms with Gasteiger partial charge in [0.25, 0.3) is 0 Å². The van der Waals surface area contributed by atoms with Crippen LogP contribution in [0.1, 0.15) is 38.3 Å². The van der Waals surface area contributed by atoms with E-state index in [1.807, 2.05) is 24.3 Å². The maximum Gasteiger partial charge on any atom is 0.240 e. The van der Waals surface area contributed by atoms with E-state index in [0.717, 1.165) is 24.0 Å². The van der Waals surface area contributed by atoms with E-state index in [1.165, 1.54) is 11.6 Å². The van der Waals surface area contributed by atoms with Crippen molar-refractivity contribution in [3.05, 3.63) is 53.6 Å². The van der Waals surface area contributed by atoms with Crippen LogP contribution in [0, 0.1) is 11.3 Å². The maximum atomic E-state index is 12.3. The number of aryl methyl sites for hydroxylation is 1. The molecule has 0 aliphatic carbocycles. The first kappa shape index (κ1) is 18.2. The summed E-state index contributed by atoms with van der Waals surface area (Å²) in [5.74, 6) is 0. The molecule has 2 aromatic rings. The fourth-order valence-electron chi connectivity index (χ4n) is 2.55. The number of nitrogens with one attached hydrogen (secondary N) is 1. The van der Waals surface area contributed by atoms with Gasteiger partial charge in [-0.25, -0.2) is 13.1 Å². The lowest BCUT2D eigenvalue weighted by molar-refractivity contribution is 0.570. The van der Waals surface area contributed by atoms with Gasteiger partial charge in [0.05, 0.1) is 16.5 Å². The Kier molecular flexibility index (Phi) is 5.76. The van der Waals surface area contributed by atoms with E-state index in [1.54, 1.807) is 26.0 Å². The van der Waals surface area contributed by atoms with Gasteiger partial charge in [0.1, 0.15) is 0 Å². The summed E-state index contributed by atoms with van der Waals surface area (Å²) in [5.41, 5.74) is 3.25. The van der Waals surface area contributed by atoms with E-state index in [2.05, 4.69) is 17.7 Å². The highest BCUT2D eigenvalue weighted by Crippen LogP contribution is 2.26. The zero-order valence-corrected chi connectivity index (χ0v) is 15.0. The average molecular weight is 342 g/mol. The number of nitrogens with zero attached hydrogens (tertiary/aromatic N) is 1. The highest BCUT2D eigenvalue weighted by molar-refractivity contribution is 7.89. The molecule has 0 bridgehead atoms. The van der Waals surface area contributed by atoms with Crippen LogP contribution >= 0.6 is 0 Å². The van der Waals surface area contributed by atoms with Gasteiger partial charge >= 0.3 is 0 Å². The summed E-state index contributed by atoms with van der Waals surface area (Å²) in [5, 5.41) is 9.43. The molecule has 2 rings (SSSR count). The van der Waals surface area contributed by atoms with Crippen molar-refractivity contribution in [3.8, 4) is 17.2 Å². The van der Waals surface area contributed by atoms with Crippen LogP contribution in [0.2, 0.25) is 0 Å². The second kappa shape index (κ2) is 7.61. The quantitative estimate of drug-likeness (QED) is 0.866. The van der Waals surface area contributed by atoms with Gasteiger partial charge in [0.2, 0.25) is 10.0 Å². The van der Waals surface area contributed by atoms with Gasteiger partial charge in [-0.15, -0.1) is 0 Å². The van der Waals surface area contributed by atoms with Gasteiger partial charge in [-0.05, 0) is 49.1 Å². The second-order valence-corrected chi connectivity index (χ2v) is 7.76. The van der Waals surface area contributed by atoms with E-state index in [4.69, 9.17) is 0 Å². The molecule has 4 nitrogen and oxygen atoms in total. The molecule has 126 valence electrons. The molecule has 0 saturated carbocycles. The Morgan fingerprint density at radius 2 is 1.79 bits per heavy atom. The SMILES string of the molecule is CCCc1ccc(-c2ccc(S(=O)(=O)NC(C)C)cc2C#N)cc1. The van der Waals surface area contributed by atoms with Gasteiger partial charge < -0.3 is 0 Å². The van der Waals surface area contributed by atoms with Crippen molar-refractivity contribution in [3.63, 3.8) is 0 Å². The lowest BCUT2D eigenvalue weighted by atomic mass is 9.98. The number of rotatable bonds is 6. The number of hydrogen-bond donors (Lipinski definition) is 1. The minimum atomic E-state index is -3.61. The molecule has 0 aliphatic rings. The number of sulfonamides is 1. The molecule has 5 heteroatoms. The average Bonchev–Trinajstić information content (AvgIpc) is 2.54. The highest BCUT2D eigenvalue weighted by Gasteiger charge is 2.17. The summed E-state index contributed by atoms with van der Waals surface area (Å²) in [4.78, 5) is 0.110. The van der Waals surface area contributed by atoms with Crippen LogP contribution in [0.25, 0.3) is 11.1 Å². The zero-order chi connectivity index (χ0) is 17.7. The molecule has 0 aliphatic heterocycles. The van der Waals surface area contributed by atoms with E-state index in [9.17, 15) is 13.7 Å². The molecule has 1 N–H and O–H groups in total. The molecular formula is C19H22N2O2S. The minimum Gasteiger partial charge on any atom is -0.209 e. The van der Waals surface area contributed by atoms with E-state index in [-0.39, 0.29) is 10.9 Å². The predicted molar refractivity (Wildman–Crippen MR) is 96.0 cm³/mol. The van der Waals surface area contributed by atoms with Gasteiger partial charge in [-0.1, -0.05) is 43.7 Å². The normalized spacial score (nSPS) is 11.5. The van der Waals surface area contributed by atoms with Crippen molar-refractivity contribution in [2.75, 3.05) is 0 Å². The van der Waals surface area contributed by atoms with Crippen molar-refractivity contribution in [1.29, 1.82) is 5.26 Å². The van der Waals surface area contributed by atoms with Crippen molar-refractivity contribution in [2.24, 2.45) is 0 Å². The van der Waals surface area contributed by atoms with Crippen LogP contribution in [0.15, 0.2) is 47.4 Å². The first-order valence-electron chi connectivity index (χ1n) is 8.03. The fourth-order valence-corrected chi connectivity index (χ4v) is 3.83. The van der Waals surface area contributed by atoms with Crippen molar-refractivity contribution < 1.29 is 8.42 Å². The molecule has 2 aromatic carbocycles. The van der Waals surface area contributed by atoms with Gasteiger partial charge in [-0.3, -0.25) is 0 Å². The van der Waals surface area contributed by atoms with E-state index in [0.29, 0.717) is 5.56 Å². The van der Waals surface area contributed by atoms with E-state index >= 15 is 0 Å². The Morgan fingerprint density at radius 3 is 2.33 bits per heavy atom. The number of nitriles is 1. The molecular weight excluding hydrogens is 320 g/mol. The van der Waals surface area contributed by atoms with Gasteiger partial charge in [0, 0.05) is 6.04 Å². The lowest BCUT2D eigenvalue weighted by Gasteiger charge is -2.11. The standard InChI is InChI=1S/C19H22N2O2S/c1-4-5-15-6-8-16(9-7-15)19-11-10-18(12-17(19)13-20)24(22,23)21-14(2)3/h6-12,14,21H,4-5H2,1-3H3. The van der Waals surface area contributed by atoms with E-state index < -0.39 is 10.0 Å². The lowest BCUT2D eigenvalue weighted by Crippen LogP contribution is -2.30. The second-order valence-electron chi connectivity index (χ2n) is 6.04. The third kappa shape index (κ3) is 4.22. The first-order valence-corrected chi connectivity index (χ1v) is 9.51. The Balaban J connectivity index is 2.41. The summed E-state index contributed by atoms with van der Waals surface area (Å²) in [6.45, 7) is 5.65. The maximum absolute atomic E-state index is 12.3. The van der Waals surface area contributed by atoms with Crippen molar-refractivity contribution >= 4 is 10.0 Å². The van der Waals surface area contributed by atoms with Gasteiger partial charge in [0.15, 0.2) is 0 Å². The zero-order valence-electron chi connectivity index (χ0n) is 14.2. The van der Waals surface area contributed by atoms with Crippen LogP contribution in [0.4, 0.5) is 0 Å². The Labute approximate surface area is 144 Å². The van der Waals surface area contributed by atoms with Crippen LogP contribution in [-0.2, 0) is 16.4 Å². The molecule has 0 amide bonds. The Bertz CT molecular complexity index is 848. The summed E-state index contributed by atoms with van der Waals surface area (Å²) in [6.07, 6.45) is 2.10.